The van der Waals surface area contributed by atoms with E-state index in [1.165, 1.54) is 13.3 Å². The third-order valence-corrected chi connectivity index (χ3v) is 5.74. The molecule has 0 fully saturated rings. The van der Waals surface area contributed by atoms with E-state index in [4.69, 9.17) is 8.60 Å². The van der Waals surface area contributed by atoms with E-state index in [-0.39, 0.29) is 12.3 Å². The van der Waals surface area contributed by atoms with Crippen LogP contribution in [0, 0.1) is 3.57 Å². The molecule has 0 aliphatic rings. The molecule has 1 aromatic heterocycles. The predicted molar refractivity (Wildman–Crippen MR) is 109 cm³/mol. The molecule has 0 saturated heterocycles. The number of anilines is 2. The second kappa shape index (κ2) is 8.11. The molecule has 8 heteroatoms. The summed E-state index contributed by atoms with van der Waals surface area (Å²) in [7, 11) is -2.55. The van der Waals surface area contributed by atoms with Crippen molar-refractivity contribution in [3.8, 4) is 5.75 Å². The lowest BCUT2D eigenvalue weighted by Crippen LogP contribution is -2.30. The number of rotatable bonds is 7. The van der Waals surface area contributed by atoms with E-state index in [1.54, 1.807) is 24.3 Å². The molecule has 0 bridgehead atoms. The third kappa shape index (κ3) is 4.57. The van der Waals surface area contributed by atoms with Crippen molar-refractivity contribution in [3.63, 3.8) is 0 Å². The maximum atomic E-state index is 12.6. The molecular formula is C18H17IN2O4S. The van der Waals surface area contributed by atoms with Gasteiger partial charge in [-0.1, -0.05) is 24.3 Å². The molecule has 0 saturated carbocycles. The van der Waals surface area contributed by atoms with Gasteiger partial charge in [-0.2, -0.15) is 12.7 Å². The normalized spacial score (nSPS) is 11.5. The standard InChI is InChI=1S/C18H17IN2O4S/c1-21(13-15-9-6-12-24-15)26(22,23)25-17-11-5-10-16(19)18(17)20-14-7-3-2-4-8-14/h2-12,20H,13H2,1H3. The van der Waals surface area contributed by atoms with Gasteiger partial charge >= 0.3 is 10.3 Å². The van der Waals surface area contributed by atoms with Gasteiger partial charge in [-0.3, -0.25) is 0 Å². The second-order valence-electron chi connectivity index (χ2n) is 5.48. The number of benzene rings is 2. The maximum Gasteiger partial charge on any atom is 0.385 e. The van der Waals surface area contributed by atoms with Gasteiger partial charge in [0.1, 0.15) is 5.76 Å². The fourth-order valence-electron chi connectivity index (χ4n) is 2.24. The molecule has 3 aromatic rings. The van der Waals surface area contributed by atoms with Gasteiger partial charge < -0.3 is 13.9 Å². The van der Waals surface area contributed by atoms with E-state index in [9.17, 15) is 8.42 Å². The van der Waals surface area contributed by atoms with Crippen molar-refractivity contribution in [2.24, 2.45) is 0 Å². The van der Waals surface area contributed by atoms with Gasteiger partial charge in [-0.15, -0.1) is 0 Å². The van der Waals surface area contributed by atoms with E-state index in [0.717, 1.165) is 13.6 Å². The Morgan fingerprint density at radius 2 is 1.85 bits per heavy atom. The number of furan rings is 1. The molecular weight excluding hydrogens is 467 g/mol. The highest BCUT2D eigenvalue weighted by atomic mass is 127. The lowest BCUT2D eigenvalue weighted by atomic mass is 10.2. The molecule has 0 radical (unpaired) electrons. The molecule has 26 heavy (non-hydrogen) atoms. The van der Waals surface area contributed by atoms with Crippen LogP contribution in [0.15, 0.2) is 71.3 Å². The van der Waals surface area contributed by atoms with Gasteiger partial charge in [0.25, 0.3) is 0 Å². The van der Waals surface area contributed by atoms with Crippen LogP contribution >= 0.6 is 22.6 Å². The van der Waals surface area contributed by atoms with Crippen molar-refractivity contribution in [1.29, 1.82) is 0 Å². The minimum atomic E-state index is -3.99. The summed E-state index contributed by atoms with van der Waals surface area (Å²) in [5, 5.41) is 3.21. The van der Waals surface area contributed by atoms with Crippen LogP contribution in [0.3, 0.4) is 0 Å². The minimum absolute atomic E-state index is 0.0840. The monoisotopic (exact) mass is 484 g/mol. The van der Waals surface area contributed by atoms with Gasteiger partial charge in [0.05, 0.1) is 18.5 Å². The topological polar surface area (TPSA) is 71.8 Å². The summed E-state index contributed by atoms with van der Waals surface area (Å²) in [6.07, 6.45) is 1.50. The first-order valence-corrected chi connectivity index (χ1v) is 10.2. The Labute approximate surface area is 166 Å². The molecule has 0 atom stereocenters. The Morgan fingerprint density at radius 3 is 2.54 bits per heavy atom. The molecule has 1 N–H and O–H groups in total. The number of hydrogen-bond donors (Lipinski definition) is 1. The molecule has 2 aromatic carbocycles. The van der Waals surface area contributed by atoms with Crippen molar-refractivity contribution in [2.75, 3.05) is 12.4 Å². The van der Waals surface area contributed by atoms with E-state index in [1.807, 2.05) is 36.4 Å². The van der Waals surface area contributed by atoms with Crippen molar-refractivity contribution in [3.05, 3.63) is 76.3 Å². The molecule has 136 valence electrons. The Kier molecular flexibility index (Phi) is 5.84. The number of nitrogens with one attached hydrogen (secondary N) is 1. The molecule has 0 amide bonds. The number of para-hydroxylation sites is 2. The van der Waals surface area contributed by atoms with Gasteiger partial charge in [0.15, 0.2) is 5.75 Å². The quantitative estimate of drug-likeness (QED) is 0.504. The van der Waals surface area contributed by atoms with Crippen LogP contribution < -0.4 is 9.50 Å². The van der Waals surface area contributed by atoms with Crippen molar-refractivity contribution in [1.82, 2.24) is 4.31 Å². The smallest absolute Gasteiger partial charge is 0.385 e. The molecule has 0 aliphatic carbocycles. The van der Waals surface area contributed by atoms with Crippen LogP contribution in [0.5, 0.6) is 5.75 Å². The van der Waals surface area contributed by atoms with E-state index in [0.29, 0.717) is 11.4 Å². The Morgan fingerprint density at radius 1 is 1.08 bits per heavy atom. The summed E-state index contributed by atoms with van der Waals surface area (Å²) in [5.41, 5.74) is 1.43. The summed E-state index contributed by atoms with van der Waals surface area (Å²) in [6.45, 7) is 0.0840. The van der Waals surface area contributed by atoms with Crippen LogP contribution in [-0.2, 0) is 16.8 Å². The first-order chi connectivity index (χ1) is 12.5. The molecule has 0 aliphatic heterocycles. The van der Waals surface area contributed by atoms with Crippen LogP contribution in [0.4, 0.5) is 11.4 Å². The van der Waals surface area contributed by atoms with Crippen LogP contribution in [0.2, 0.25) is 0 Å². The minimum Gasteiger partial charge on any atom is -0.468 e. The molecule has 0 spiro atoms. The van der Waals surface area contributed by atoms with Crippen LogP contribution in [0.1, 0.15) is 5.76 Å². The Hall–Kier alpha value is -2.04. The zero-order valence-corrected chi connectivity index (χ0v) is 16.9. The highest BCUT2D eigenvalue weighted by Crippen LogP contribution is 2.33. The second-order valence-corrected chi connectivity index (χ2v) is 8.29. The van der Waals surface area contributed by atoms with E-state index in [2.05, 4.69) is 27.9 Å². The Balaban J connectivity index is 1.83. The highest BCUT2D eigenvalue weighted by Gasteiger charge is 2.23. The first-order valence-electron chi connectivity index (χ1n) is 7.74. The summed E-state index contributed by atoms with van der Waals surface area (Å²) in [5.74, 6) is 0.761. The summed E-state index contributed by atoms with van der Waals surface area (Å²) in [4.78, 5) is 0. The molecule has 6 nitrogen and oxygen atoms in total. The molecule has 0 unspecified atom stereocenters. The van der Waals surface area contributed by atoms with Crippen molar-refractivity contribution in [2.45, 2.75) is 6.54 Å². The largest absolute Gasteiger partial charge is 0.468 e. The lowest BCUT2D eigenvalue weighted by Gasteiger charge is -2.19. The van der Waals surface area contributed by atoms with Crippen molar-refractivity contribution >= 4 is 44.3 Å². The summed E-state index contributed by atoms with van der Waals surface area (Å²) >= 11 is 2.13. The summed E-state index contributed by atoms with van der Waals surface area (Å²) < 4.78 is 37.7. The SMILES string of the molecule is CN(Cc1ccco1)S(=O)(=O)Oc1cccc(I)c1Nc1ccccc1. The number of hydrogen-bond acceptors (Lipinski definition) is 5. The lowest BCUT2D eigenvalue weighted by molar-refractivity contribution is 0.362. The fraction of sp³-hybridized carbons (Fsp3) is 0.111. The van der Waals surface area contributed by atoms with E-state index < -0.39 is 10.3 Å². The predicted octanol–water partition coefficient (Wildman–Crippen LogP) is 4.38. The van der Waals surface area contributed by atoms with E-state index >= 15 is 0 Å². The van der Waals surface area contributed by atoms with Gasteiger partial charge in [0, 0.05) is 16.3 Å². The molecule has 1 heterocycles. The van der Waals surface area contributed by atoms with Crippen LogP contribution in [0.25, 0.3) is 0 Å². The first kappa shape index (κ1) is 18.7. The van der Waals surface area contributed by atoms with Gasteiger partial charge in [0.2, 0.25) is 0 Å². The average Bonchev–Trinajstić information content (AvgIpc) is 3.12. The molecule has 3 rings (SSSR count). The maximum absolute atomic E-state index is 12.6. The van der Waals surface area contributed by atoms with Gasteiger partial charge in [-0.05, 0) is 59.0 Å². The average molecular weight is 484 g/mol. The zero-order chi connectivity index (χ0) is 18.6. The number of halogens is 1. The highest BCUT2D eigenvalue weighted by molar-refractivity contribution is 14.1. The third-order valence-electron chi connectivity index (χ3n) is 3.55. The van der Waals surface area contributed by atoms with Crippen molar-refractivity contribution < 1.29 is 17.0 Å². The van der Waals surface area contributed by atoms with Gasteiger partial charge in [-0.25, -0.2) is 0 Å². The van der Waals surface area contributed by atoms with Crippen LogP contribution in [-0.4, -0.2) is 19.8 Å². The Bertz CT molecular complexity index is 960. The summed E-state index contributed by atoms with van der Waals surface area (Å²) in [6, 6.07) is 18.1. The fourth-order valence-corrected chi connectivity index (χ4v) is 3.63. The zero-order valence-electron chi connectivity index (χ0n) is 13.9. The number of nitrogens with zero attached hydrogens (tertiary/aromatic N) is 1.